The minimum absolute atomic E-state index is 0.231. The maximum Gasteiger partial charge on any atom is 0.0700 e. The van der Waals surface area contributed by atoms with Gasteiger partial charge >= 0.3 is 0 Å². The maximum atomic E-state index is 5.62. The van der Waals surface area contributed by atoms with Crippen LogP contribution in [0.5, 0.6) is 0 Å². The predicted octanol–water partition coefficient (Wildman–Crippen LogP) is 3.23. The van der Waals surface area contributed by atoms with Crippen LogP contribution in [0.25, 0.3) is 0 Å². The molecule has 2 aliphatic rings. The highest BCUT2D eigenvalue weighted by molar-refractivity contribution is 5.04. The number of methoxy groups -OCH3 is 1. The topological polar surface area (TPSA) is 30.5 Å². The zero-order valence-electron chi connectivity index (χ0n) is 13.8. The summed E-state index contributed by atoms with van der Waals surface area (Å²) < 4.78 is 10.6. The van der Waals surface area contributed by atoms with Crippen LogP contribution in [0.4, 0.5) is 0 Å². The molecule has 0 bridgehead atoms. The number of hydrogen-bond donors (Lipinski definition) is 1. The van der Waals surface area contributed by atoms with Crippen LogP contribution >= 0.6 is 0 Å². The zero-order chi connectivity index (χ0) is 14.6. The molecule has 2 atom stereocenters. The van der Waals surface area contributed by atoms with Gasteiger partial charge in [-0.2, -0.15) is 0 Å². The van der Waals surface area contributed by atoms with E-state index < -0.39 is 0 Å². The quantitative estimate of drug-likeness (QED) is 0.659. The monoisotopic (exact) mass is 283 g/mol. The fourth-order valence-electron chi connectivity index (χ4n) is 3.69. The van der Waals surface area contributed by atoms with Crippen molar-refractivity contribution in [1.82, 2.24) is 5.32 Å². The molecule has 118 valence electrons. The van der Waals surface area contributed by atoms with Crippen molar-refractivity contribution in [3.05, 3.63) is 0 Å². The van der Waals surface area contributed by atoms with E-state index in [0.29, 0.717) is 12.0 Å². The molecule has 2 fully saturated rings. The van der Waals surface area contributed by atoms with Gasteiger partial charge in [-0.1, -0.05) is 0 Å². The van der Waals surface area contributed by atoms with Crippen LogP contribution in [0.1, 0.15) is 52.9 Å². The van der Waals surface area contributed by atoms with Gasteiger partial charge in [0.05, 0.1) is 13.2 Å². The second-order valence-corrected chi connectivity index (χ2v) is 7.98. The summed E-state index contributed by atoms with van der Waals surface area (Å²) >= 11 is 0. The molecule has 2 aliphatic carbocycles. The first-order valence-corrected chi connectivity index (χ1v) is 8.26. The van der Waals surface area contributed by atoms with E-state index >= 15 is 0 Å². The Hall–Kier alpha value is -0.120. The third kappa shape index (κ3) is 5.01. The number of rotatable bonds is 9. The summed E-state index contributed by atoms with van der Waals surface area (Å²) in [6.07, 6.45) is 6.89. The Labute approximate surface area is 124 Å². The first-order valence-electron chi connectivity index (χ1n) is 8.26. The van der Waals surface area contributed by atoms with E-state index in [-0.39, 0.29) is 5.54 Å². The zero-order valence-corrected chi connectivity index (χ0v) is 13.8. The van der Waals surface area contributed by atoms with E-state index in [0.717, 1.165) is 25.0 Å². The molecule has 3 nitrogen and oxygen atoms in total. The van der Waals surface area contributed by atoms with Crippen LogP contribution in [0.3, 0.4) is 0 Å². The minimum Gasteiger partial charge on any atom is -0.382 e. The van der Waals surface area contributed by atoms with Gasteiger partial charge in [0.2, 0.25) is 0 Å². The molecule has 20 heavy (non-hydrogen) atoms. The summed E-state index contributed by atoms with van der Waals surface area (Å²) in [4.78, 5) is 0. The molecule has 0 spiro atoms. The maximum absolute atomic E-state index is 5.62. The lowest BCUT2D eigenvalue weighted by Crippen LogP contribution is -2.43. The van der Waals surface area contributed by atoms with E-state index in [4.69, 9.17) is 9.47 Å². The van der Waals surface area contributed by atoms with Gasteiger partial charge in [0.1, 0.15) is 0 Å². The average molecular weight is 283 g/mol. The van der Waals surface area contributed by atoms with Gasteiger partial charge in [0.15, 0.2) is 0 Å². The lowest BCUT2D eigenvalue weighted by Gasteiger charge is -2.35. The summed E-state index contributed by atoms with van der Waals surface area (Å²) in [6, 6.07) is 0. The molecule has 2 saturated carbocycles. The van der Waals surface area contributed by atoms with Crippen molar-refractivity contribution in [2.24, 2.45) is 17.3 Å². The third-order valence-corrected chi connectivity index (χ3v) is 4.88. The molecule has 0 aromatic heterocycles. The fraction of sp³-hybridized carbons (Fsp3) is 1.00. The van der Waals surface area contributed by atoms with E-state index in [9.17, 15) is 0 Å². The summed E-state index contributed by atoms with van der Waals surface area (Å²) in [5, 5.41) is 3.75. The van der Waals surface area contributed by atoms with Crippen molar-refractivity contribution in [3.8, 4) is 0 Å². The Morgan fingerprint density at radius 3 is 2.40 bits per heavy atom. The number of hydrogen-bond acceptors (Lipinski definition) is 3. The van der Waals surface area contributed by atoms with Crippen molar-refractivity contribution in [2.75, 3.05) is 33.5 Å². The van der Waals surface area contributed by atoms with Crippen LogP contribution in [-0.2, 0) is 9.47 Å². The molecule has 0 radical (unpaired) electrons. The standard InChI is InChI=1S/C17H33NO2/c1-16(2,3)18-13-17(11-14-10-15(14)12-17)6-5-7-20-9-8-19-4/h14-15,18H,5-13H2,1-4H3. The normalized spacial score (nSPS) is 32.4. The van der Waals surface area contributed by atoms with Crippen molar-refractivity contribution < 1.29 is 9.47 Å². The first kappa shape index (κ1) is 16.3. The van der Waals surface area contributed by atoms with E-state index in [2.05, 4.69) is 26.1 Å². The summed E-state index contributed by atoms with van der Waals surface area (Å²) in [6.45, 7) is 10.3. The van der Waals surface area contributed by atoms with Gasteiger partial charge in [0.25, 0.3) is 0 Å². The second kappa shape index (κ2) is 6.76. The van der Waals surface area contributed by atoms with Crippen LogP contribution in [0, 0.1) is 17.3 Å². The van der Waals surface area contributed by atoms with E-state index in [1.165, 1.54) is 38.6 Å². The molecular formula is C17H33NO2. The molecule has 0 aromatic carbocycles. The van der Waals surface area contributed by atoms with Crippen LogP contribution in [0.2, 0.25) is 0 Å². The highest BCUT2D eigenvalue weighted by Gasteiger charge is 2.53. The van der Waals surface area contributed by atoms with Gasteiger partial charge in [-0.05, 0) is 70.1 Å². The van der Waals surface area contributed by atoms with Gasteiger partial charge in [0, 0.05) is 25.8 Å². The smallest absolute Gasteiger partial charge is 0.0700 e. The summed E-state index contributed by atoms with van der Waals surface area (Å²) in [5.74, 6) is 2.09. The highest BCUT2D eigenvalue weighted by Crippen LogP contribution is 2.61. The van der Waals surface area contributed by atoms with Crippen LogP contribution in [-0.4, -0.2) is 39.0 Å². The molecule has 0 aromatic rings. The molecule has 3 heteroatoms. The molecule has 1 N–H and O–H groups in total. The van der Waals surface area contributed by atoms with Crippen molar-refractivity contribution in [2.45, 2.75) is 58.4 Å². The van der Waals surface area contributed by atoms with Crippen molar-refractivity contribution in [3.63, 3.8) is 0 Å². The van der Waals surface area contributed by atoms with Crippen LogP contribution in [0.15, 0.2) is 0 Å². The Morgan fingerprint density at radius 2 is 1.80 bits per heavy atom. The lowest BCUT2D eigenvalue weighted by atomic mass is 9.78. The van der Waals surface area contributed by atoms with E-state index in [1.807, 2.05) is 0 Å². The van der Waals surface area contributed by atoms with Gasteiger partial charge in [-0.15, -0.1) is 0 Å². The molecule has 2 unspecified atom stereocenters. The Balaban J connectivity index is 1.70. The largest absolute Gasteiger partial charge is 0.382 e. The number of nitrogens with one attached hydrogen (secondary N) is 1. The van der Waals surface area contributed by atoms with Gasteiger partial charge in [-0.25, -0.2) is 0 Å². The molecule has 2 rings (SSSR count). The number of ether oxygens (including phenoxy) is 2. The summed E-state index contributed by atoms with van der Waals surface area (Å²) in [5.41, 5.74) is 0.778. The van der Waals surface area contributed by atoms with Gasteiger partial charge < -0.3 is 14.8 Å². The predicted molar refractivity (Wildman–Crippen MR) is 82.9 cm³/mol. The Bertz CT molecular complexity index is 288. The molecule has 0 aliphatic heterocycles. The lowest BCUT2D eigenvalue weighted by molar-refractivity contribution is 0.0621. The fourth-order valence-corrected chi connectivity index (χ4v) is 3.69. The first-order chi connectivity index (χ1) is 9.44. The van der Waals surface area contributed by atoms with Crippen LogP contribution < -0.4 is 5.32 Å². The SMILES string of the molecule is COCCOCCCC1(CNC(C)(C)C)CC2CC2C1. The highest BCUT2D eigenvalue weighted by atomic mass is 16.5. The van der Waals surface area contributed by atoms with Crippen molar-refractivity contribution >= 4 is 0 Å². The minimum atomic E-state index is 0.231. The Morgan fingerprint density at radius 1 is 1.10 bits per heavy atom. The second-order valence-electron chi connectivity index (χ2n) is 7.98. The molecule has 0 heterocycles. The Kier molecular flexibility index (Phi) is 5.49. The molecular weight excluding hydrogens is 250 g/mol. The average Bonchev–Trinajstić information content (AvgIpc) is 2.99. The van der Waals surface area contributed by atoms with Crippen molar-refractivity contribution in [1.29, 1.82) is 0 Å². The molecule has 0 amide bonds. The summed E-state index contributed by atoms with van der Waals surface area (Å²) in [7, 11) is 1.72. The number of fused-ring (bicyclic) bond motifs is 1. The third-order valence-electron chi connectivity index (χ3n) is 4.88. The van der Waals surface area contributed by atoms with Gasteiger partial charge in [-0.3, -0.25) is 0 Å². The van der Waals surface area contributed by atoms with E-state index in [1.54, 1.807) is 7.11 Å². The molecule has 0 saturated heterocycles.